The van der Waals surface area contributed by atoms with Gasteiger partial charge in [-0.1, -0.05) is 18.2 Å². The number of anilines is 1. The van der Waals surface area contributed by atoms with Gasteiger partial charge < -0.3 is 19.9 Å². The van der Waals surface area contributed by atoms with E-state index >= 15 is 0 Å². The third kappa shape index (κ3) is 3.94. The normalized spacial score (nSPS) is 17.7. The van der Waals surface area contributed by atoms with Crippen LogP contribution in [0.5, 0.6) is 5.75 Å². The molecule has 2 heterocycles. The van der Waals surface area contributed by atoms with E-state index in [9.17, 15) is 4.79 Å². The molecule has 3 rings (SSSR count). The molecule has 1 aliphatic rings. The van der Waals surface area contributed by atoms with Crippen LogP contribution in [0.3, 0.4) is 0 Å². The molecule has 0 bridgehead atoms. The summed E-state index contributed by atoms with van der Waals surface area (Å²) in [6.07, 6.45) is 5.33. The van der Waals surface area contributed by atoms with Crippen LogP contribution >= 0.6 is 0 Å². The van der Waals surface area contributed by atoms with E-state index in [0.29, 0.717) is 18.5 Å². The molecule has 0 aliphatic carbocycles. The maximum atomic E-state index is 11.9. The lowest BCUT2D eigenvalue weighted by Gasteiger charge is -2.33. The van der Waals surface area contributed by atoms with Gasteiger partial charge in [0.05, 0.1) is 6.61 Å². The first kappa shape index (κ1) is 16.5. The fourth-order valence-corrected chi connectivity index (χ4v) is 3.11. The quantitative estimate of drug-likeness (QED) is 0.848. The summed E-state index contributed by atoms with van der Waals surface area (Å²) in [5, 5.41) is 3.59. The topological polar surface area (TPSA) is 70.2 Å². The van der Waals surface area contributed by atoms with Gasteiger partial charge in [-0.2, -0.15) is 0 Å². The van der Waals surface area contributed by atoms with Crippen molar-refractivity contribution in [3.63, 3.8) is 0 Å². The fourth-order valence-electron chi connectivity index (χ4n) is 3.11. The first-order valence-electron chi connectivity index (χ1n) is 8.50. The Morgan fingerprint density at radius 3 is 3.12 bits per heavy atom. The van der Waals surface area contributed by atoms with Crippen LogP contribution in [0.4, 0.5) is 5.82 Å². The van der Waals surface area contributed by atoms with Crippen LogP contribution in [0.1, 0.15) is 25.3 Å². The number of para-hydroxylation sites is 1. The number of nitrogens with zero attached hydrogens (tertiary/aromatic N) is 2. The van der Waals surface area contributed by atoms with Crippen molar-refractivity contribution in [2.45, 2.75) is 32.4 Å². The molecule has 128 valence electrons. The minimum absolute atomic E-state index is 0.125. The molecule has 1 atom stereocenters. The average molecular weight is 328 g/mol. The highest BCUT2D eigenvalue weighted by molar-refractivity contribution is 5.36. The molecule has 24 heavy (non-hydrogen) atoms. The number of ether oxygens (including phenoxy) is 1. The van der Waals surface area contributed by atoms with E-state index in [1.165, 1.54) is 0 Å². The van der Waals surface area contributed by atoms with Crippen molar-refractivity contribution < 1.29 is 4.74 Å². The van der Waals surface area contributed by atoms with E-state index < -0.39 is 0 Å². The molecule has 2 aromatic rings. The van der Waals surface area contributed by atoms with Crippen LogP contribution in [0.2, 0.25) is 0 Å². The van der Waals surface area contributed by atoms with Gasteiger partial charge in [0.1, 0.15) is 5.75 Å². The molecule has 1 fully saturated rings. The van der Waals surface area contributed by atoms with Gasteiger partial charge in [0, 0.05) is 43.6 Å². The van der Waals surface area contributed by atoms with Crippen LogP contribution in [0.15, 0.2) is 41.5 Å². The second-order valence-electron chi connectivity index (χ2n) is 5.95. The molecule has 2 N–H and O–H groups in total. The largest absolute Gasteiger partial charge is 0.494 e. The van der Waals surface area contributed by atoms with Gasteiger partial charge in [-0.25, -0.2) is 4.98 Å². The Bertz CT molecular complexity index is 716. The number of benzene rings is 1. The molecule has 1 unspecified atom stereocenters. The maximum Gasteiger partial charge on any atom is 0.290 e. The predicted molar refractivity (Wildman–Crippen MR) is 94.5 cm³/mol. The molecule has 0 spiro atoms. The average Bonchev–Trinajstić information content (AvgIpc) is 2.62. The van der Waals surface area contributed by atoms with Crippen molar-refractivity contribution in [1.29, 1.82) is 0 Å². The Labute approximate surface area is 141 Å². The number of piperidine rings is 1. The number of rotatable bonds is 6. The van der Waals surface area contributed by atoms with Gasteiger partial charge >= 0.3 is 0 Å². The van der Waals surface area contributed by atoms with Gasteiger partial charge in [-0.05, 0) is 25.8 Å². The van der Waals surface area contributed by atoms with Crippen molar-refractivity contribution >= 4 is 5.82 Å². The number of H-pyrrole nitrogens is 1. The highest BCUT2D eigenvalue weighted by atomic mass is 16.5. The van der Waals surface area contributed by atoms with Gasteiger partial charge in [0.2, 0.25) is 0 Å². The lowest BCUT2D eigenvalue weighted by atomic mass is 10.1. The highest BCUT2D eigenvalue weighted by Gasteiger charge is 2.22. The summed E-state index contributed by atoms with van der Waals surface area (Å²) in [6, 6.07) is 8.43. The molecular weight excluding hydrogens is 304 g/mol. The summed E-state index contributed by atoms with van der Waals surface area (Å²) in [4.78, 5) is 20.9. The molecule has 1 aliphatic heterocycles. The first-order valence-corrected chi connectivity index (χ1v) is 8.50. The highest BCUT2D eigenvalue weighted by Crippen LogP contribution is 2.19. The third-order valence-electron chi connectivity index (χ3n) is 4.26. The van der Waals surface area contributed by atoms with Crippen LogP contribution < -0.4 is 20.5 Å². The van der Waals surface area contributed by atoms with E-state index in [2.05, 4.69) is 26.3 Å². The smallest absolute Gasteiger partial charge is 0.290 e. The Morgan fingerprint density at radius 1 is 1.42 bits per heavy atom. The zero-order valence-electron chi connectivity index (χ0n) is 14.0. The van der Waals surface area contributed by atoms with E-state index in [1.54, 1.807) is 12.4 Å². The molecule has 0 radical (unpaired) electrons. The minimum Gasteiger partial charge on any atom is -0.494 e. The second kappa shape index (κ2) is 7.97. The summed E-state index contributed by atoms with van der Waals surface area (Å²) in [5.74, 6) is 1.44. The number of aromatic amines is 1. The molecule has 1 aromatic heterocycles. The molecule has 1 saturated heterocycles. The predicted octanol–water partition coefficient (Wildman–Crippen LogP) is 1.93. The first-order chi connectivity index (χ1) is 11.8. The number of aromatic nitrogens is 2. The Morgan fingerprint density at radius 2 is 2.29 bits per heavy atom. The number of hydrogen-bond acceptors (Lipinski definition) is 5. The zero-order valence-corrected chi connectivity index (χ0v) is 14.0. The Hall–Kier alpha value is -2.34. The van der Waals surface area contributed by atoms with E-state index in [4.69, 9.17) is 4.74 Å². The van der Waals surface area contributed by atoms with Gasteiger partial charge in [-0.15, -0.1) is 0 Å². The SMILES string of the molecule is CCOc1ccccc1CNC1CCCN(c2ncc[nH]c2=O)C1. The molecule has 0 saturated carbocycles. The lowest BCUT2D eigenvalue weighted by Crippen LogP contribution is -2.47. The van der Waals surface area contributed by atoms with Crippen molar-refractivity contribution in [3.8, 4) is 5.75 Å². The molecule has 6 nitrogen and oxygen atoms in total. The van der Waals surface area contributed by atoms with Crippen LogP contribution in [0.25, 0.3) is 0 Å². The summed E-state index contributed by atoms with van der Waals surface area (Å²) in [7, 11) is 0. The Balaban J connectivity index is 1.62. The number of nitrogens with one attached hydrogen (secondary N) is 2. The maximum absolute atomic E-state index is 11.9. The number of hydrogen-bond donors (Lipinski definition) is 2. The summed E-state index contributed by atoms with van der Waals surface area (Å²) >= 11 is 0. The summed E-state index contributed by atoms with van der Waals surface area (Å²) in [5.41, 5.74) is 1.03. The molecule has 6 heteroatoms. The van der Waals surface area contributed by atoms with E-state index in [-0.39, 0.29) is 5.56 Å². The van der Waals surface area contributed by atoms with Crippen LogP contribution in [0, 0.1) is 0 Å². The van der Waals surface area contributed by atoms with Crippen LogP contribution in [-0.2, 0) is 6.54 Å². The van der Waals surface area contributed by atoms with Gasteiger partial charge in [-0.3, -0.25) is 4.79 Å². The second-order valence-corrected chi connectivity index (χ2v) is 5.95. The Kier molecular flexibility index (Phi) is 5.48. The monoisotopic (exact) mass is 328 g/mol. The van der Waals surface area contributed by atoms with Crippen molar-refractivity contribution in [2.24, 2.45) is 0 Å². The lowest BCUT2D eigenvalue weighted by molar-refractivity contribution is 0.333. The van der Waals surface area contributed by atoms with Crippen LogP contribution in [-0.4, -0.2) is 35.7 Å². The van der Waals surface area contributed by atoms with Crippen molar-refractivity contribution in [3.05, 3.63) is 52.6 Å². The summed E-state index contributed by atoms with van der Waals surface area (Å²) in [6.45, 7) is 5.07. The molecule has 0 amide bonds. The van der Waals surface area contributed by atoms with Crippen molar-refractivity contribution in [1.82, 2.24) is 15.3 Å². The third-order valence-corrected chi connectivity index (χ3v) is 4.26. The standard InChI is InChI=1S/C18H24N4O2/c1-2-24-16-8-4-3-6-14(16)12-21-15-7-5-11-22(13-15)17-18(23)20-10-9-19-17/h3-4,6,8-10,15,21H,2,5,7,11-13H2,1H3,(H,20,23). The van der Waals surface area contributed by atoms with E-state index in [0.717, 1.165) is 43.8 Å². The van der Waals surface area contributed by atoms with Gasteiger partial charge in [0.15, 0.2) is 5.82 Å². The minimum atomic E-state index is -0.125. The molecule has 1 aromatic carbocycles. The van der Waals surface area contributed by atoms with Gasteiger partial charge in [0.25, 0.3) is 5.56 Å². The van der Waals surface area contributed by atoms with Crippen molar-refractivity contribution in [2.75, 3.05) is 24.6 Å². The molecular formula is C18H24N4O2. The fraction of sp³-hybridized carbons (Fsp3) is 0.444. The summed E-state index contributed by atoms with van der Waals surface area (Å²) < 4.78 is 5.68. The van der Waals surface area contributed by atoms with E-state index in [1.807, 2.05) is 25.1 Å². The zero-order chi connectivity index (χ0) is 16.8.